The van der Waals surface area contributed by atoms with Gasteiger partial charge in [0.25, 0.3) is 0 Å². The number of unbranched alkanes of at least 4 members (excludes halogenated alkanes) is 60. The Kier molecular flexibility index (Phi) is 65.2. The van der Waals surface area contributed by atoms with Crippen LogP contribution < -0.4 is 0 Å². The van der Waals surface area contributed by atoms with Crippen molar-refractivity contribution in [2.24, 2.45) is 0 Å². The van der Waals surface area contributed by atoms with E-state index in [2.05, 4.69) is 13.2 Å². The smallest absolute Gasteiger partial charge is 0.339 e. The normalized spacial score (nSPS) is 11.3. The third-order valence-corrected chi connectivity index (χ3v) is 18.2. The molecule has 8 heteroatoms. The van der Waals surface area contributed by atoms with E-state index in [0.29, 0.717) is 37.6 Å². The number of hydrogen-bond acceptors (Lipinski definition) is 8. The minimum absolute atomic E-state index is 0.305. The third-order valence-electron chi connectivity index (χ3n) is 18.2. The summed E-state index contributed by atoms with van der Waals surface area (Å²) in [6, 6.07) is 6.93. The summed E-state index contributed by atoms with van der Waals surface area (Å²) in [5, 5.41) is 0. The molecule has 88 heavy (non-hydrogen) atoms. The largest absolute Gasteiger partial charge is 0.463 e. The highest BCUT2D eigenvalue weighted by atomic mass is 16.5. The zero-order chi connectivity index (χ0) is 63.2. The maximum Gasteiger partial charge on any atom is 0.339 e. The van der Waals surface area contributed by atoms with Crippen LogP contribution in [0.2, 0.25) is 0 Å². The van der Waals surface area contributed by atoms with E-state index < -0.39 is 11.9 Å². The summed E-state index contributed by atoms with van der Waals surface area (Å²) < 4.78 is 21.3. The Bertz CT molecular complexity index is 1570. The molecule has 0 radical (unpaired) electrons. The van der Waals surface area contributed by atoms with Gasteiger partial charge in [-0.25, -0.2) is 19.2 Å². The van der Waals surface area contributed by atoms with Gasteiger partial charge in [-0.05, 0) is 37.8 Å². The zero-order valence-corrected chi connectivity index (χ0v) is 57.8. The van der Waals surface area contributed by atoms with Crippen molar-refractivity contribution >= 4 is 23.9 Å². The lowest BCUT2D eigenvalue weighted by Crippen LogP contribution is -2.15. The van der Waals surface area contributed by atoms with Crippen molar-refractivity contribution in [2.45, 2.75) is 398 Å². The Labute approximate surface area is 544 Å². The first kappa shape index (κ1) is 82.6. The fourth-order valence-corrected chi connectivity index (χ4v) is 12.4. The van der Waals surface area contributed by atoms with E-state index in [9.17, 15) is 19.2 Å². The van der Waals surface area contributed by atoms with Crippen LogP contribution in [0.3, 0.4) is 0 Å². The highest BCUT2D eigenvalue weighted by molar-refractivity contribution is 6.03. The topological polar surface area (TPSA) is 105 Å². The molecule has 0 saturated carbocycles. The zero-order valence-electron chi connectivity index (χ0n) is 57.8. The Balaban J connectivity index is 1.79. The maximum absolute atomic E-state index is 12.9. The first-order valence-electron chi connectivity index (χ1n) is 38.5. The van der Waals surface area contributed by atoms with E-state index in [1.165, 1.54) is 359 Å². The van der Waals surface area contributed by atoms with E-state index in [1.807, 2.05) is 0 Å². The fourth-order valence-electron chi connectivity index (χ4n) is 12.4. The molecule has 510 valence electrons. The molecule has 0 saturated heterocycles. The van der Waals surface area contributed by atoms with E-state index in [4.69, 9.17) is 18.9 Å². The van der Waals surface area contributed by atoms with Crippen LogP contribution in [0.4, 0.5) is 0 Å². The third kappa shape index (κ3) is 60.2. The monoisotopic (exact) mass is 1230 g/mol. The quantitative estimate of drug-likeness (QED) is 0.0275. The summed E-state index contributed by atoms with van der Waals surface area (Å²) in [5.74, 6) is -1.47. The number of esters is 4. The SMILES string of the molecule is C=CC(=O)OCCCCCCCCCCCCCCCCCCCCCCCCCCCCCCCCCOC(=O)c1ccccc1C(=O)OCCCCCCCCCCCCCCCCCCCCCCCCCCCCCCCCCOC(=O)C=C. The molecule has 0 bridgehead atoms. The van der Waals surface area contributed by atoms with Gasteiger partial charge in [0.15, 0.2) is 0 Å². The van der Waals surface area contributed by atoms with E-state index in [-0.39, 0.29) is 11.9 Å². The molecule has 8 nitrogen and oxygen atoms in total. The van der Waals surface area contributed by atoms with Crippen LogP contribution in [0.15, 0.2) is 49.6 Å². The molecule has 0 N–H and O–H groups in total. The number of rotatable bonds is 72. The van der Waals surface area contributed by atoms with Crippen molar-refractivity contribution < 1.29 is 38.1 Å². The van der Waals surface area contributed by atoms with Gasteiger partial charge in [-0.15, -0.1) is 0 Å². The molecular formula is C80H142O8. The Morgan fingerprint density at radius 1 is 0.216 bits per heavy atom. The Morgan fingerprint density at radius 2 is 0.341 bits per heavy atom. The maximum atomic E-state index is 12.9. The number of benzene rings is 1. The second kappa shape index (κ2) is 69.5. The Morgan fingerprint density at radius 3 is 0.477 bits per heavy atom. The van der Waals surface area contributed by atoms with Crippen LogP contribution in [-0.2, 0) is 28.5 Å². The van der Waals surface area contributed by atoms with Crippen molar-refractivity contribution in [3.63, 3.8) is 0 Å². The van der Waals surface area contributed by atoms with Crippen molar-refractivity contribution in [1.82, 2.24) is 0 Å². The van der Waals surface area contributed by atoms with E-state index in [1.54, 1.807) is 24.3 Å². The second-order valence-electron chi connectivity index (χ2n) is 26.5. The molecule has 0 spiro atoms. The minimum Gasteiger partial charge on any atom is -0.463 e. The first-order chi connectivity index (χ1) is 43.5. The van der Waals surface area contributed by atoms with Crippen molar-refractivity contribution in [3.8, 4) is 0 Å². The number of hydrogen-bond donors (Lipinski definition) is 0. The molecule has 0 aliphatic carbocycles. The molecule has 0 unspecified atom stereocenters. The first-order valence-corrected chi connectivity index (χ1v) is 38.5. The van der Waals surface area contributed by atoms with Crippen LogP contribution in [0.1, 0.15) is 419 Å². The van der Waals surface area contributed by atoms with Crippen LogP contribution in [0.5, 0.6) is 0 Å². The number of carbonyl (C=O) groups excluding carboxylic acids is 4. The summed E-state index contributed by atoms with van der Waals surface area (Å²) >= 11 is 0. The number of ether oxygens (including phenoxy) is 4. The summed E-state index contributed by atoms with van der Waals surface area (Å²) in [5.41, 5.74) is 0.616. The lowest BCUT2D eigenvalue weighted by atomic mass is 10.0. The summed E-state index contributed by atoms with van der Waals surface area (Å²) in [4.78, 5) is 48.0. The van der Waals surface area contributed by atoms with Gasteiger partial charge in [-0.3, -0.25) is 0 Å². The average Bonchev–Trinajstić information content (AvgIpc) is 2.97. The van der Waals surface area contributed by atoms with E-state index in [0.717, 1.165) is 51.4 Å². The standard InChI is InChI=1S/C80H142O8/c1-3-77(81)85-71-65-59-55-51-47-43-39-35-31-27-23-19-15-11-7-5-9-13-17-21-25-29-33-37-41-45-49-53-57-61-67-73-87-79(83)75-69-63-64-70-76(75)80(84)88-74-68-62-58-54-50-46-42-38-34-30-26-22-18-14-10-6-8-12-16-20-24-28-32-36-40-44-48-52-56-60-66-72-86-78(82)4-2/h3-4,63-64,69-70H,1-2,5-62,65-68,71-74H2. The second-order valence-corrected chi connectivity index (χ2v) is 26.5. The van der Waals surface area contributed by atoms with Crippen molar-refractivity contribution in [3.05, 3.63) is 60.7 Å². The lowest BCUT2D eigenvalue weighted by Gasteiger charge is -2.10. The average molecular weight is 1230 g/mol. The number of carbonyl (C=O) groups is 4. The molecule has 1 aromatic rings. The molecule has 1 rings (SSSR count). The molecule has 0 aliphatic rings. The van der Waals surface area contributed by atoms with Gasteiger partial charge in [0.1, 0.15) is 0 Å². The summed E-state index contributed by atoms with van der Waals surface area (Å²) in [6.45, 7) is 8.70. The molecule has 0 fully saturated rings. The fraction of sp³-hybridized carbons (Fsp3) is 0.825. The lowest BCUT2D eigenvalue weighted by molar-refractivity contribution is -0.138. The summed E-state index contributed by atoms with van der Waals surface area (Å²) in [7, 11) is 0. The molecular weight excluding hydrogens is 1090 g/mol. The van der Waals surface area contributed by atoms with Crippen LogP contribution >= 0.6 is 0 Å². The molecule has 0 aliphatic heterocycles. The molecule has 0 aromatic heterocycles. The van der Waals surface area contributed by atoms with Crippen LogP contribution in [-0.4, -0.2) is 50.3 Å². The van der Waals surface area contributed by atoms with Crippen molar-refractivity contribution in [1.29, 1.82) is 0 Å². The van der Waals surface area contributed by atoms with Gasteiger partial charge in [0, 0.05) is 12.2 Å². The molecule has 0 heterocycles. The molecule has 1 aromatic carbocycles. The van der Waals surface area contributed by atoms with Gasteiger partial charge >= 0.3 is 23.9 Å². The van der Waals surface area contributed by atoms with Gasteiger partial charge in [-0.1, -0.05) is 398 Å². The van der Waals surface area contributed by atoms with Gasteiger partial charge < -0.3 is 18.9 Å². The van der Waals surface area contributed by atoms with Crippen molar-refractivity contribution in [2.75, 3.05) is 26.4 Å². The van der Waals surface area contributed by atoms with Gasteiger partial charge in [0.05, 0.1) is 37.6 Å². The van der Waals surface area contributed by atoms with E-state index >= 15 is 0 Å². The highest BCUT2D eigenvalue weighted by Gasteiger charge is 2.19. The molecule has 0 amide bonds. The molecule has 0 atom stereocenters. The van der Waals surface area contributed by atoms with Gasteiger partial charge in [-0.2, -0.15) is 0 Å². The summed E-state index contributed by atoms with van der Waals surface area (Å²) in [6.07, 6.45) is 85.0. The Hall–Kier alpha value is -3.42. The predicted molar refractivity (Wildman–Crippen MR) is 376 cm³/mol. The van der Waals surface area contributed by atoms with Crippen LogP contribution in [0.25, 0.3) is 0 Å². The highest BCUT2D eigenvalue weighted by Crippen LogP contribution is 2.21. The van der Waals surface area contributed by atoms with Crippen LogP contribution in [0, 0.1) is 0 Å². The predicted octanol–water partition coefficient (Wildman–Crippen LogP) is 25.6. The minimum atomic E-state index is -0.428. The van der Waals surface area contributed by atoms with Gasteiger partial charge in [0.2, 0.25) is 0 Å².